The Bertz CT molecular complexity index is 1320. The molecule has 1 heterocycles. The minimum atomic E-state index is -1.13. The van der Waals surface area contributed by atoms with E-state index in [0.717, 1.165) is 18.9 Å². The van der Waals surface area contributed by atoms with Crippen LogP contribution in [-0.4, -0.2) is 64.0 Å². The highest BCUT2D eigenvalue weighted by atomic mass is 19.2. The van der Waals surface area contributed by atoms with Gasteiger partial charge in [0.15, 0.2) is 23.1 Å². The van der Waals surface area contributed by atoms with Crippen LogP contribution in [0.5, 0.6) is 11.5 Å². The van der Waals surface area contributed by atoms with E-state index in [1.165, 1.54) is 42.3 Å². The van der Waals surface area contributed by atoms with Crippen molar-refractivity contribution in [2.24, 2.45) is 5.92 Å². The standard InChI is InChI=1S/C29H33F2N3O7/c1-41-29(40)22(12-17-7-9-23(35)24(36)13-17)33-28(39)21(11-16-5-6-16)32-25(37)14-19-8-10-26(38)34(19)15-18-3-2-4-20(30)27(18)31/h2-4,7,9,13,16,19,21-22,35-36H,5-6,8,10-12,14-15H2,1H3,(H,32,37)(H,33,39)/t19-,21-,22-/m0/s1. The van der Waals surface area contributed by atoms with Gasteiger partial charge < -0.3 is 30.5 Å². The summed E-state index contributed by atoms with van der Waals surface area (Å²) in [5.74, 6) is -4.63. The van der Waals surface area contributed by atoms with Crippen molar-refractivity contribution in [1.29, 1.82) is 0 Å². The van der Waals surface area contributed by atoms with Crippen LogP contribution in [0.25, 0.3) is 0 Å². The smallest absolute Gasteiger partial charge is 0.328 e. The number of phenols is 2. The van der Waals surface area contributed by atoms with Crippen molar-refractivity contribution < 1.29 is 42.9 Å². The maximum absolute atomic E-state index is 14.2. The van der Waals surface area contributed by atoms with Crippen LogP contribution in [0, 0.1) is 17.6 Å². The first kappa shape index (κ1) is 29.8. The number of rotatable bonds is 12. The quantitative estimate of drug-likeness (QED) is 0.225. The van der Waals surface area contributed by atoms with Crippen LogP contribution >= 0.6 is 0 Å². The number of aromatic hydroxyl groups is 2. The third-order valence-electron chi connectivity index (χ3n) is 7.45. The summed E-state index contributed by atoms with van der Waals surface area (Å²) in [7, 11) is 1.17. The van der Waals surface area contributed by atoms with Gasteiger partial charge in [-0.25, -0.2) is 13.6 Å². The van der Waals surface area contributed by atoms with Gasteiger partial charge in [-0.15, -0.1) is 0 Å². The number of hydrogen-bond acceptors (Lipinski definition) is 7. The van der Waals surface area contributed by atoms with Crippen LogP contribution in [0.2, 0.25) is 0 Å². The van der Waals surface area contributed by atoms with Crippen molar-refractivity contribution in [1.82, 2.24) is 15.5 Å². The number of benzene rings is 2. The highest BCUT2D eigenvalue weighted by Gasteiger charge is 2.36. The molecule has 0 unspecified atom stereocenters. The predicted octanol–water partition coefficient (Wildman–Crippen LogP) is 2.44. The van der Waals surface area contributed by atoms with Gasteiger partial charge in [0, 0.05) is 37.4 Å². The molecule has 1 saturated carbocycles. The summed E-state index contributed by atoms with van der Waals surface area (Å²) < 4.78 is 32.7. The fourth-order valence-corrected chi connectivity index (χ4v) is 5.00. The fraction of sp³-hybridized carbons (Fsp3) is 0.448. The Balaban J connectivity index is 1.41. The first-order valence-electron chi connectivity index (χ1n) is 13.5. The summed E-state index contributed by atoms with van der Waals surface area (Å²) in [5, 5.41) is 24.7. The number of phenolic OH excluding ortho intramolecular Hbond substituents is 2. The lowest BCUT2D eigenvalue weighted by Crippen LogP contribution is -2.53. The minimum Gasteiger partial charge on any atom is -0.504 e. The van der Waals surface area contributed by atoms with Gasteiger partial charge in [-0.1, -0.05) is 31.0 Å². The van der Waals surface area contributed by atoms with Gasteiger partial charge in [-0.2, -0.15) is 0 Å². The van der Waals surface area contributed by atoms with Gasteiger partial charge in [0.1, 0.15) is 12.1 Å². The summed E-state index contributed by atoms with van der Waals surface area (Å²) in [5.41, 5.74) is 0.465. The largest absolute Gasteiger partial charge is 0.504 e. The van der Waals surface area contributed by atoms with E-state index in [2.05, 4.69) is 10.6 Å². The molecule has 41 heavy (non-hydrogen) atoms. The summed E-state index contributed by atoms with van der Waals surface area (Å²) in [6, 6.07) is 5.10. The molecule has 12 heteroatoms. The molecule has 2 aliphatic rings. The average molecular weight is 574 g/mol. The number of halogens is 2. The van der Waals surface area contributed by atoms with E-state index in [0.29, 0.717) is 18.4 Å². The Kier molecular flexibility index (Phi) is 9.41. The zero-order chi connectivity index (χ0) is 29.7. The van der Waals surface area contributed by atoms with Crippen LogP contribution in [0.1, 0.15) is 49.7 Å². The SMILES string of the molecule is COC(=O)[C@H](Cc1ccc(O)c(O)c1)NC(=O)[C@H](CC1CC1)NC(=O)C[C@@H]1CCC(=O)N1Cc1cccc(F)c1F. The van der Waals surface area contributed by atoms with E-state index < -0.39 is 47.5 Å². The Morgan fingerprint density at radius 1 is 1.05 bits per heavy atom. The zero-order valence-corrected chi connectivity index (χ0v) is 22.6. The third kappa shape index (κ3) is 7.71. The summed E-state index contributed by atoms with van der Waals surface area (Å²) in [4.78, 5) is 52.7. The average Bonchev–Trinajstić information content (AvgIpc) is 3.70. The number of amides is 3. The number of esters is 1. The zero-order valence-electron chi connectivity index (χ0n) is 22.6. The number of nitrogens with zero attached hydrogens (tertiary/aromatic N) is 1. The Labute approximate surface area is 235 Å². The third-order valence-corrected chi connectivity index (χ3v) is 7.45. The molecule has 4 N–H and O–H groups in total. The highest BCUT2D eigenvalue weighted by Crippen LogP contribution is 2.34. The molecule has 10 nitrogen and oxygen atoms in total. The van der Waals surface area contributed by atoms with E-state index in [1.807, 2.05) is 0 Å². The van der Waals surface area contributed by atoms with E-state index >= 15 is 0 Å². The fourth-order valence-electron chi connectivity index (χ4n) is 5.00. The lowest BCUT2D eigenvalue weighted by atomic mass is 10.0. The van der Waals surface area contributed by atoms with Crippen LogP contribution in [0.4, 0.5) is 8.78 Å². The topological polar surface area (TPSA) is 145 Å². The maximum Gasteiger partial charge on any atom is 0.328 e. The molecule has 0 bridgehead atoms. The molecule has 0 aromatic heterocycles. The number of carbonyl (C=O) groups is 4. The van der Waals surface area contributed by atoms with Crippen LogP contribution in [-0.2, 0) is 36.9 Å². The normalized spacial score (nSPS) is 18.1. The molecule has 0 radical (unpaired) electrons. The lowest BCUT2D eigenvalue weighted by Gasteiger charge is -2.26. The number of ether oxygens (including phenoxy) is 1. The van der Waals surface area contributed by atoms with Gasteiger partial charge in [-0.3, -0.25) is 14.4 Å². The molecule has 1 aliphatic carbocycles. The molecule has 3 amide bonds. The minimum absolute atomic E-state index is 0.00689. The molecular weight excluding hydrogens is 540 g/mol. The molecule has 3 atom stereocenters. The molecule has 0 spiro atoms. The second-order valence-electron chi connectivity index (χ2n) is 10.5. The van der Waals surface area contributed by atoms with Gasteiger partial charge in [-0.05, 0) is 42.5 Å². The van der Waals surface area contributed by atoms with Gasteiger partial charge >= 0.3 is 5.97 Å². The van der Waals surface area contributed by atoms with Crippen molar-refractivity contribution in [3.63, 3.8) is 0 Å². The summed E-state index contributed by atoms with van der Waals surface area (Å²) >= 11 is 0. The van der Waals surface area contributed by atoms with Gasteiger partial charge in [0.05, 0.1) is 7.11 Å². The van der Waals surface area contributed by atoms with Crippen molar-refractivity contribution in [2.45, 2.75) is 69.6 Å². The Hall–Kier alpha value is -4.22. The first-order valence-corrected chi connectivity index (χ1v) is 13.5. The molecular formula is C29H33F2N3O7. The molecule has 1 aliphatic heterocycles. The maximum atomic E-state index is 14.2. The Morgan fingerprint density at radius 2 is 1.80 bits per heavy atom. The molecule has 2 fully saturated rings. The van der Waals surface area contributed by atoms with E-state index in [9.17, 15) is 38.2 Å². The first-order chi connectivity index (χ1) is 19.5. The van der Waals surface area contributed by atoms with Crippen molar-refractivity contribution in [3.8, 4) is 11.5 Å². The van der Waals surface area contributed by atoms with Crippen molar-refractivity contribution in [2.75, 3.05) is 7.11 Å². The van der Waals surface area contributed by atoms with Crippen LogP contribution < -0.4 is 10.6 Å². The summed E-state index contributed by atoms with van der Waals surface area (Å²) in [6.45, 7) is -0.181. The summed E-state index contributed by atoms with van der Waals surface area (Å²) in [6.07, 6.45) is 2.50. The van der Waals surface area contributed by atoms with E-state index in [4.69, 9.17) is 4.74 Å². The molecule has 2 aromatic carbocycles. The highest BCUT2D eigenvalue weighted by molar-refractivity contribution is 5.91. The molecule has 220 valence electrons. The van der Waals surface area contributed by atoms with Crippen molar-refractivity contribution >= 4 is 23.7 Å². The van der Waals surface area contributed by atoms with Crippen molar-refractivity contribution in [3.05, 3.63) is 59.2 Å². The second-order valence-corrected chi connectivity index (χ2v) is 10.5. The lowest BCUT2D eigenvalue weighted by molar-refractivity contribution is -0.145. The monoisotopic (exact) mass is 573 g/mol. The number of nitrogens with one attached hydrogen (secondary N) is 2. The van der Waals surface area contributed by atoms with Gasteiger partial charge in [0.25, 0.3) is 0 Å². The van der Waals surface area contributed by atoms with Gasteiger partial charge in [0.2, 0.25) is 17.7 Å². The van der Waals surface area contributed by atoms with Crippen LogP contribution in [0.3, 0.4) is 0 Å². The molecule has 1 saturated heterocycles. The van der Waals surface area contributed by atoms with E-state index in [1.54, 1.807) is 0 Å². The number of carbonyl (C=O) groups excluding carboxylic acids is 4. The van der Waals surface area contributed by atoms with Crippen LogP contribution in [0.15, 0.2) is 36.4 Å². The molecule has 4 rings (SSSR count). The Morgan fingerprint density at radius 3 is 2.49 bits per heavy atom. The predicted molar refractivity (Wildman–Crippen MR) is 141 cm³/mol. The number of methoxy groups -OCH3 is 1. The molecule has 2 aromatic rings. The second kappa shape index (κ2) is 13.0. The number of hydrogen-bond donors (Lipinski definition) is 4. The van der Waals surface area contributed by atoms with E-state index in [-0.39, 0.29) is 54.7 Å². The number of likely N-dealkylation sites (tertiary alicyclic amines) is 1.